The van der Waals surface area contributed by atoms with Crippen LogP contribution in [0.15, 0.2) is 30.3 Å². The molecule has 2 fully saturated rings. The first kappa shape index (κ1) is 14.0. The van der Waals surface area contributed by atoms with Gasteiger partial charge in [0.25, 0.3) is 0 Å². The van der Waals surface area contributed by atoms with Crippen molar-refractivity contribution in [2.24, 2.45) is 0 Å². The van der Waals surface area contributed by atoms with Gasteiger partial charge >= 0.3 is 0 Å². The second-order valence-corrected chi connectivity index (χ2v) is 5.75. The first-order chi connectivity index (χ1) is 9.55. The highest BCUT2D eigenvalue weighted by Gasteiger charge is 2.53. The Hall–Kier alpha value is -0.980. The number of benzene rings is 1. The summed E-state index contributed by atoms with van der Waals surface area (Å²) in [7, 11) is 0. The van der Waals surface area contributed by atoms with E-state index in [0.29, 0.717) is 6.54 Å². The first-order valence-corrected chi connectivity index (χ1v) is 6.99. The zero-order valence-corrected chi connectivity index (χ0v) is 11.8. The molecule has 1 aromatic rings. The standard InChI is InChI=1S/C15H21NO4/c1-15(2)19-13-12(17)11(18-14(13)20-15)9-16-8-10-6-4-3-5-7-10/h3-7,11-14,16-17H,8-9H2,1-2H3/t11-,12+,13-,14-/m1/s1. The summed E-state index contributed by atoms with van der Waals surface area (Å²) in [4.78, 5) is 0. The molecule has 0 aromatic heterocycles. The largest absolute Gasteiger partial charge is 0.387 e. The van der Waals surface area contributed by atoms with E-state index in [2.05, 4.69) is 17.4 Å². The van der Waals surface area contributed by atoms with Gasteiger partial charge in [-0.2, -0.15) is 0 Å². The van der Waals surface area contributed by atoms with Crippen molar-refractivity contribution in [1.82, 2.24) is 5.32 Å². The lowest BCUT2D eigenvalue weighted by atomic mass is 10.1. The Morgan fingerprint density at radius 2 is 1.95 bits per heavy atom. The number of rotatable bonds is 4. The Morgan fingerprint density at radius 1 is 1.20 bits per heavy atom. The molecule has 0 bridgehead atoms. The number of aliphatic hydroxyl groups is 1. The van der Waals surface area contributed by atoms with Crippen molar-refractivity contribution >= 4 is 0 Å². The van der Waals surface area contributed by atoms with Crippen LogP contribution in [0.2, 0.25) is 0 Å². The fourth-order valence-corrected chi connectivity index (χ4v) is 2.68. The quantitative estimate of drug-likeness (QED) is 0.861. The van der Waals surface area contributed by atoms with E-state index in [0.717, 1.165) is 6.54 Å². The highest BCUT2D eigenvalue weighted by Crippen LogP contribution is 2.37. The SMILES string of the molecule is CC1(C)O[C@H]2O[C@H](CNCc3ccccc3)[C@H](O)[C@H]2O1. The van der Waals surface area contributed by atoms with Gasteiger partial charge in [0.1, 0.15) is 18.3 Å². The molecule has 0 unspecified atom stereocenters. The van der Waals surface area contributed by atoms with Crippen molar-refractivity contribution in [3.63, 3.8) is 0 Å². The van der Waals surface area contributed by atoms with Crippen molar-refractivity contribution in [1.29, 1.82) is 0 Å². The molecule has 0 amide bonds. The van der Waals surface area contributed by atoms with Crippen LogP contribution in [0, 0.1) is 0 Å². The third-order valence-corrected chi connectivity index (χ3v) is 3.63. The van der Waals surface area contributed by atoms with Gasteiger partial charge in [0.05, 0.1) is 0 Å². The van der Waals surface area contributed by atoms with Crippen LogP contribution < -0.4 is 5.32 Å². The Balaban J connectivity index is 1.49. The van der Waals surface area contributed by atoms with Crippen molar-refractivity contribution in [3.8, 4) is 0 Å². The third-order valence-electron chi connectivity index (χ3n) is 3.63. The van der Waals surface area contributed by atoms with E-state index in [4.69, 9.17) is 14.2 Å². The number of fused-ring (bicyclic) bond motifs is 1. The van der Waals surface area contributed by atoms with Crippen LogP contribution >= 0.6 is 0 Å². The summed E-state index contributed by atoms with van der Waals surface area (Å²) in [5.74, 6) is -0.682. The molecule has 2 N–H and O–H groups in total. The molecule has 3 rings (SSSR count). The van der Waals surface area contributed by atoms with E-state index in [9.17, 15) is 5.11 Å². The molecule has 0 aliphatic carbocycles. The maximum Gasteiger partial charge on any atom is 0.190 e. The molecular formula is C15H21NO4. The van der Waals surface area contributed by atoms with Gasteiger partial charge < -0.3 is 24.6 Å². The molecule has 4 atom stereocenters. The summed E-state index contributed by atoms with van der Waals surface area (Å²) < 4.78 is 17.0. The normalized spacial score (nSPS) is 35.1. The predicted molar refractivity (Wildman–Crippen MR) is 72.9 cm³/mol. The van der Waals surface area contributed by atoms with E-state index in [1.807, 2.05) is 32.0 Å². The Kier molecular flexibility index (Phi) is 3.79. The summed E-state index contributed by atoms with van der Waals surface area (Å²) in [6.45, 7) is 4.96. The summed E-state index contributed by atoms with van der Waals surface area (Å²) in [5.41, 5.74) is 1.20. The van der Waals surface area contributed by atoms with Crippen molar-refractivity contribution < 1.29 is 19.3 Å². The minimum Gasteiger partial charge on any atom is -0.387 e. The van der Waals surface area contributed by atoms with Crippen LogP contribution in [0.3, 0.4) is 0 Å². The lowest BCUT2D eigenvalue weighted by molar-refractivity contribution is -0.214. The first-order valence-electron chi connectivity index (χ1n) is 6.99. The van der Waals surface area contributed by atoms with Gasteiger partial charge in [0, 0.05) is 13.1 Å². The second kappa shape index (κ2) is 5.42. The van der Waals surface area contributed by atoms with Gasteiger partial charge in [0.15, 0.2) is 12.1 Å². The number of hydrogen-bond acceptors (Lipinski definition) is 5. The summed E-state index contributed by atoms with van der Waals surface area (Å²) >= 11 is 0. The summed E-state index contributed by atoms with van der Waals surface area (Å²) in [6, 6.07) is 10.1. The number of aliphatic hydroxyl groups excluding tert-OH is 1. The molecule has 5 nitrogen and oxygen atoms in total. The molecular weight excluding hydrogens is 258 g/mol. The molecule has 5 heteroatoms. The summed E-state index contributed by atoms with van der Waals surface area (Å²) in [5, 5.41) is 13.5. The number of nitrogens with one attached hydrogen (secondary N) is 1. The van der Waals surface area contributed by atoms with Gasteiger partial charge in [-0.3, -0.25) is 0 Å². The minimum absolute atomic E-state index is 0.301. The van der Waals surface area contributed by atoms with Crippen LogP contribution in [0.5, 0.6) is 0 Å². The zero-order chi connectivity index (χ0) is 14.2. The van der Waals surface area contributed by atoms with Gasteiger partial charge in [0.2, 0.25) is 0 Å². The van der Waals surface area contributed by atoms with E-state index in [-0.39, 0.29) is 6.10 Å². The Morgan fingerprint density at radius 3 is 2.65 bits per heavy atom. The Bertz CT molecular complexity index is 450. The number of ether oxygens (including phenoxy) is 3. The highest BCUT2D eigenvalue weighted by atomic mass is 16.8. The fourth-order valence-electron chi connectivity index (χ4n) is 2.68. The van der Waals surface area contributed by atoms with E-state index < -0.39 is 24.3 Å². The predicted octanol–water partition coefficient (Wildman–Crippen LogP) is 1.01. The molecule has 2 aliphatic heterocycles. The van der Waals surface area contributed by atoms with Gasteiger partial charge in [-0.25, -0.2) is 0 Å². The minimum atomic E-state index is -0.682. The molecule has 0 radical (unpaired) electrons. The van der Waals surface area contributed by atoms with Crippen molar-refractivity contribution in [2.45, 2.75) is 50.8 Å². The topological polar surface area (TPSA) is 60.0 Å². The van der Waals surface area contributed by atoms with Gasteiger partial charge in [-0.05, 0) is 19.4 Å². The maximum atomic E-state index is 10.2. The molecule has 0 saturated carbocycles. The van der Waals surface area contributed by atoms with Crippen LogP contribution in [-0.2, 0) is 20.8 Å². The Labute approximate surface area is 118 Å². The molecule has 1 aromatic carbocycles. The molecule has 2 aliphatic rings. The molecule has 2 saturated heterocycles. The van der Waals surface area contributed by atoms with Gasteiger partial charge in [-0.1, -0.05) is 30.3 Å². The fraction of sp³-hybridized carbons (Fsp3) is 0.600. The van der Waals surface area contributed by atoms with Crippen LogP contribution in [0.1, 0.15) is 19.4 Å². The monoisotopic (exact) mass is 279 g/mol. The molecule has 2 heterocycles. The smallest absolute Gasteiger partial charge is 0.190 e. The third kappa shape index (κ3) is 2.87. The van der Waals surface area contributed by atoms with Crippen molar-refractivity contribution in [2.75, 3.05) is 6.54 Å². The van der Waals surface area contributed by atoms with E-state index in [1.54, 1.807) is 0 Å². The summed E-state index contributed by atoms with van der Waals surface area (Å²) in [6.07, 6.45) is -1.83. The average molecular weight is 279 g/mol. The van der Waals surface area contributed by atoms with E-state index >= 15 is 0 Å². The lowest BCUT2D eigenvalue weighted by Crippen LogP contribution is -2.39. The maximum absolute atomic E-state index is 10.2. The second-order valence-electron chi connectivity index (χ2n) is 5.75. The zero-order valence-electron chi connectivity index (χ0n) is 11.8. The van der Waals surface area contributed by atoms with E-state index in [1.165, 1.54) is 5.56 Å². The number of hydrogen-bond donors (Lipinski definition) is 2. The molecule has 110 valence electrons. The van der Waals surface area contributed by atoms with Crippen LogP contribution in [0.4, 0.5) is 0 Å². The average Bonchev–Trinajstić information content (AvgIpc) is 2.86. The van der Waals surface area contributed by atoms with Crippen LogP contribution in [0.25, 0.3) is 0 Å². The van der Waals surface area contributed by atoms with Gasteiger partial charge in [-0.15, -0.1) is 0 Å². The molecule has 0 spiro atoms. The highest BCUT2D eigenvalue weighted by molar-refractivity contribution is 5.14. The van der Waals surface area contributed by atoms with Crippen molar-refractivity contribution in [3.05, 3.63) is 35.9 Å². The molecule has 20 heavy (non-hydrogen) atoms. The lowest BCUT2D eigenvalue weighted by Gasteiger charge is -2.23. The van der Waals surface area contributed by atoms with Crippen LogP contribution in [-0.4, -0.2) is 42.0 Å².